The zero-order chi connectivity index (χ0) is 21.3. The van der Waals surface area contributed by atoms with Gasteiger partial charge in [0.1, 0.15) is 33.0 Å². The predicted molar refractivity (Wildman–Crippen MR) is 104 cm³/mol. The lowest BCUT2D eigenvalue weighted by atomic mass is 10.1. The molecule has 5 N–H and O–H groups in total. The van der Waals surface area contributed by atoms with E-state index in [4.69, 9.17) is 15.6 Å². The number of ketones is 1. The van der Waals surface area contributed by atoms with Crippen LogP contribution >= 0.6 is 11.3 Å². The zero-order valence-electron chi connectivity index (χ0n) is 14.8. The SMILES string of the molecule is COc1cc(Nc2nc(N)c(C(=O)c3c(F)cccc3F)s2)ccc1S(N)(=O)=O. The fraction of sp³-hybridized carbons (Fsp3) is 0.0588. The molecule has 8 nitrogen and oxygen atoms in total. The number of halogens is 2. The number of anilines is 3. The van der Waals surface area contributed by atoms with Gasteiger partial charge in [0.2, 0.25) is 15.8 Å². The number of aromatic nitrogens is 1. The maximum absolute atomic E-state index is 13.9. The predicted octanol–water partition coefficient (Wildman–Crippen LogP) is 2.63. The quantitative estimate of drug-likeness (QED) is 0.501. The third-order valence-corrected chi connectivity index (χ3v) is 5.71. The Labute approximate surface area is 168 Å². The van der Waals surface area contributed by atoms with E-state index in [-0.39, 0.29) is 26.5 Å². The lowest BCUT2D eigenvalue weighted by molar-refractivity contribution is 0.103. The summed E-state index contributed by atoms with van der Waals surface area (Å²) in [5, 5.41) is 8.09. The minimum absolute atomic E-state index is 0.00763. The fourth-order valence-corrected chi connectivity index (χ4v) is 4.01. The molecule has 0 aliphatic rings. The molecule has 1 aromatic heterocycles. The van der Waals surface area contributed by atoms with E-state index in [1.807, 2.05) is 0 Å². The molecule has 0 atom stereocenters. The Hall–Kier alpha value is -3.09. The van der Waals surface area contributed by atoms with Crippen LogP contribution in [-0.2, 0) is 10.0 Å². The van der Waals surface area contributed by atoms with Gasteiger partial charge in [0.05, 0.1) is 12.7 Å². The number of hydrogen-bond donors (Lipinski definition) is 3. The summed E-state index contributed by atoms with van der Waals surface area (Å²) in [6.45, 7) is 0. The van der Waals surface area contributed by atoms with Gasteiger partial charge in [0, 0.05) is 11.8 Å². The Morgan fingerprint density at radius 3 is 2.45 bits per heavy atom. The maximum atomic E-state index is 13.9. The van der Waals surface area contributed by atoms with Gasteiger partial charge in [-0.2, -0.15) is 0 Å². The molecule has 12 heteroatoms. The smallest absolute Gasteiger partial charge is 0.241 e. The third kappa shape index (κ3) is 4.18. The van der Waals surface area contributed by atoms with Crippen molar-refractivity contribution in [2.24, 2.45) is 5.14 Å². The minimum Gasteiger partial charge on any atom is -0.495 e. The lowest BCUT2D eigenvalue weighted by Crippen LogP contribution is -2.13. The van der Waals surface area contributed by atoms with Crippen molar-refractivity contribution in [2.45, 2.75) is 4.90 Å². The lowest BCUT2D eigenvalue weighted by Gasteiger charge is -2.09. The number of nitrogens with zero attached hydrogens (tertiary/aromatic N) is 1. The molecule has 0 saturated heterocycles. The topological polar surface area (TPSA) is 137 Å². The molecular weight excluding hydrogens is 426 g/mol. The highest BCUT2D eigenvalue weighted by molar-refractivity contribution is 7.89. The second-order valence-corrected chi connectivity index (χ2v) is 8.22. The van der Waals surface area contributed by atoms with Gasteiger partial charge in [-0.3, -0.25) is 4.79 Å². The highest BCUT2D eigenvalue weighted by Gasteiger charge is 2.24. The normalized spacial score (nSPS) is 11.3. The number of nitrogen functional groups attached to an aromatic ring is 1. The number of primary sulfonamides is 1. The number of sulfonamides is 1. The van der Waals surface area contributed by atoms with Crippen LogP contribution in [0.25, 0.3) is 0 Å². The number of hydrogen-bond acceptors (Lipinski definition) is 8. The van der Waals surface area contributed by atoms with E-state index >= 15 is 0 Å². The van der Waals surface area contributed by atoms with E-state index in [0.717, 1.165) is 29.5 Å². The molecule has 0 bridgehead atoms. The first-order chi connectivity index (χ1) is 13.6. The standard InChI is InChI=1S/C17H14F2N4O4S2/c1-27-11-7-8(5-6-12(11)29(21,25)26)22-17-23-16(20)15(28-17)14(24)13-9(18)3-2-4-10(13)19/h2-7H,20H2,1H3,(H,22,23)(H2,21,25,26). The van der Waals surface area contributed by atoms with E-state index in [2.05, 4.69) is 10.3 Å². The van der Waals surface area contributed by atoms with Crippen molar-refractivity contribution in [1.29, 1.82) is 0 Å². The number of ether oxygens (including phenoxy) is 1. The molecule has 2 aromatic carbocycles. The van der Waals surface area contributed by atoms with Gasteiger partial charge in [-0.25, -0.2) is 27.3 Å². The molecule has 0 aliphatic heterocycles. The summed E-state index contributed by atoms with van der Waals surface area (Å²) in [5.41, 5.74) is 5.38. The number of thiazole rings is 1. The van der Waals surface area contributed by atoms with Crippen LogP contribution in [-0.4, -0.2) is 26.3 Å². The van der Waals surface area contributed by atoms with Crippen LogP contribution in [0.2, 0.25) is 0 Å². The second kappa shape index (κ2) is 7.73. The molecule has 0 spiro atoms. The molecule has 0 radical (unpaired) electrons. The highest BCUT2D eigenvalue weighted by Crippen LogP contribution is 2.33. The first-order valence-corrected chi connectivity index (χ1v) is 10.2. The Bertz CT molecular complexity index is 1190. The largest absolute Gasteiger partial charge is 0.495 e. The molecule has 3 rings (SSSR count). The number of rotatable bonds is 6. The summed E-state index contributed by atoms with van der Waals surface area (Å²) < 4.78 is 55.9. The van der Waals surface area contributed by atoms with Gasteiger partial charge in [-0.15, -0.1) is 0 Å². The van der Waals surface area contributed by atoms with Crippen LogP contribution in [0.5, 0.6) is 5.75 Å². The van der Waals surface area contributed by atoms with Gasteiger partial charge < -0.3 is 15.8 Å². The molecule has 3 aromatic rings. The zero-order valence-corrected chi connectivity index (χ0v) is 16.4. The van der Waals surface area contributed by atoms with Gasteiger partial charge in [-0.05, 0) is 24.3 Å². The average molecular weight is 440 g/mol. The number of methoxy groups -OCH3 is 1. The van der Waals surface area contributed by atoms with Crippen LogP contribution < -0.4 is 20.9 Å². The molecule has 1 heterocycles. The summed E-state index contributed by atoms with van der Waals surface area (Å²) in [5.74, 6) is -3.18. The van der Waals surface area contributed by atoms with Crippen molar-refractivity contribution >= 4 is 43.8 Å². The Morgan fingerprint density at radius 1 is 1.21 bits per heavy atom. The van der Waals surface area contributed by atoms with Gasteiger partial charge in [-0.1, -0.05) is 17.4 Å². The van der Waals surface area contributed by atoms with Crippen LogP contribution in [0.1, 0.15) is 15.2 Å². The van der Waals surface area contributed by atoms with E-state index < -0.39 is 33.0 Å². The van der Waals surface area contributed by atoms with Crippen LogP contribution in [0.15, 0.2) is 41.3 Å². The fourth-order valence-electron chi connectivity index (χ4n) is 2.48. The van der Waals surface area contributed by atoms with E-state index in [1.54, 1.807) is 0 Å². The Balaban J connectivity index is 1.93. The van der Waals surface area contributed by atoms with Crippen molar-refractivity contribution in [3.05, 3.63) is 58.5 Å². The summed E-state index contributed by atoms with van der Waals surface area (Å²) >= 11 is 0.784. The van der Waals surface area contributed by atoms with Crippen LogP contribution in [0.3, 0.4) is 0 Å². The second-order valence-electron chi connectivity index (χ2n) is 5.69. The molecule has 0 amide bonds. The van der Waals surface area contributed by atoms with Crippen molar-refractivity contribution in [2.75, 3.05) is 18.2 Å². The van der Waals surface area contributed by atoms with Crippen molar-refractivity contribution < 1.29 is 26.7 Å². The molecule has 152 valence electrons. The van der Waals surface area contributed by atoms with Crippen molar-refractivity contribution in [1.82, 2.24) is 4.98 Å². The molecule has 0 saturated carbocycles. The van der Waals surface area contributed by atoms with E-state index in [9.17, 15) is 22.0 Å². The summed E-state index contributed by atoms with van der Waals surface area (Å²) in [6, 6.07) is 7.06. The third-order valence-electron chi connectivity index (χ3n) is 3.77. The average Bonchev–Trinajstić information content (AvgIpc) is 3.00. The van der Waals surface area contributed by atoms with Crippen molar-refractivity contribution in [3.8, 4) is 5.75 Å². The number of carbonyl (C=O) groups excluding carboxylic acids is 1. The van der Waals surface area contributed by atoms with Gasteiger partial charge in [0.15, 0.2) is 5.13 Å². The monoisotopic (exact) mass is 440 g/mol. The highest BCUT2D eigenvalue weighted by atomic mass is 32.2. The van der Waals surface area contributed by atoms with Crippen LogP contribution in [0.4, 0.5) is 25.4 Å². The molecule has 0 unspecified atom stereocenters. The van der Waals surface area contributed by atoms with Crippen LogP contribution in [0, 0.1) is 11.6 Å². The Morgan fingerprint density at radius 2 is 1.86 bits per heavy atom. The molecule has 0 aliphatic carbocycles. The maximum Gasteiger partial charge on any atom is 0.241 e. The first kappa shape index (κ1) is 20.6. The van der Waals surface area contributed by atoms with Gasteiger partial charge >= 0.3 is 0 Å². The van der Waals surface area contributed by atoms with Crippen molar-refractivity contribution in [3.63, 3.8) is 0 Å². The van der Waals surface area contributed by atoms with E-state index in [1.165, 1.54) is 25.3 Å². The number of nitrogens with one attached hydrogen (secondary N) is 1. The summed E-state index contributed by atoms with van der Waals surface area (Å²) in [6.07, 6.45) is 0. The molecular formula is C17H14F2N4O4S2. The van der Waals surface area contributed by atoms with Gasteiger partial charge in [0.25, 0.3) is 0 Å². The summed E-state index contributed by atoms with van der Waals surface area (Å²) in [4.78, 5) is 16.1. The molecule has 29 heavy (non-hydrogen) atoms. The summed E-state index contributed by atoms with van der Waals surface area (Å²) in [7, 11) is -2.72. The molecule has 0 fully saturated rings. The van der Waals surface area contributed by atoms with E-state index in [0.29, 0.717) is 5.69 Å². The number of benzene rings is 2. The Kier molecular flexibility index (Phi) is 5.50. The first-order valence-electron chi connectivity index (χ1n) is 7.84. The number of carbonyl (C=O) groups is 1. The number of nitrogens with two attached hydrogens (primary N) is 2. The minimum atomic E-state index is -3.99.